The van der Waals surface area contributed by atoms with Crippen LogP contribution in [0.15, 0.2) is 23.1 Å². The Hall–Kier alpha value is -1.36. The zero-order chi connectivity index (χ0) is 12.8. The fourth-order valence-corrected chi connectivity index (χ4v) is 4.31. The smallest absolute Gasteiger partial charge is 0.231 e. The normalized spacial score (nSPS) is 21.2. The summed E-state index contributed by atoms with van der Waals surface area (Å²) >= 11 is 0. The van der Waals surface area contributed by atoms with E-state index in [1.54, 1.807) is 39.0 Å². The van der Waals surface area contributed by atoms with Crippen LogP contribution in [0.25, 0.3) is 0 Å². The van der Waals surface area contributed by atoms with Crippen molar-refractivity contribution in [2.24, 2.45) is 5.41 Å². The maximum Gasteiger partial charge on any atom is 0.231 e. The van der Waals surface area contributed by atoms with Crippen LogP contribution in [0.5, 0.6) is 0 Å². The number of sulfone groups is 1. The van der Waals surface area contributed by atoms with Gasteiger partial charge in [-0.1, -0.05) is 26.0 Å². The third kappa shape index (κ3) is 1.95. The molecule has 4 nitrogen and oxygen atoms in total. The van der Waals surface area contributed by atoms with Crippen molar-refractivity contribution in [3.8, 4) is 0 Å². The van der Waals surface area contributed by atoms with Crippen molar-refractivity contribution in [3.63, 3.8) is 0 Å². The molecule has 1 N–H and O–H groups in total. The Morgan fingerprint density at radius 3 is 2.59 bits per heavy atom. The van der Waals surface area contributed by atoms with Crippen LogP contribution in [0.1, 0.15) is 19.4 Å². The Bertz CT molecular complexity index is 588. The van der Waals surface area contributed by atoms with Gasteiger partial charge in [-0.2, -0.15) is 0 Å². The van der Waals surface area contributed by atoms with E-state index in [2.05, 4.69) is 5.32 Å². The summed E-state index contributed by atoms with van der Waals surface area (Å²) in [6, 6.07) is 5.10. The highest BCUT2D eigenvalue weighted by molar-refractivity contribution is 7.91. The Morgan fingerprint density at radius 1 is 1.29 bits per heavy atom. The van der Waals surface area contributed by atoms with Crippen molar-refractivity contribution in [2.45, 2.75) is 25.7 Å². The summed E-state index contributed by atoms with van der Waals surface area (Å²) in [5, 5.41) is 2.69. The number of benzene rings is 1. The quantitative estimate of drug-likeness (QED) is 0.766. The third-order valence-electron chi connectivity index (χ3n) is 2.94. The average Bonchev–Trinajstić information content (AvgIpc) is 2.20. The van der Waals surface area contributed by atoms with E-state index in [-0.39, 0.29) is 16.6 Å². The number of carbonyl (C=O) groups is 1. The van der Waals surface area contributed by atoms with Gasteiger partial charge < -0.3 is 5.32 Å². The van der Waals surface area contributed by atoms with Crippen LogP contribution in [0.3, 0.4) is 0 Å². The zero-order valence-corrected chi connectivity index (χ0v) is 10.9. The molecule has 1 aliphatic heterocycles. The van der Waals surface area contributed by atoms with Gasteiger partial charge in [0, 0.05) is 0 Å². The third-order valence-corrected chi connectivity index (χ3v) is 5.20. The van der Waals surface area contributed by atoms with Gasteiger partial charge >= 0.3 is 0 Å². The molecule has 0 radical (unpaired) electrons. The minimum absolute atomic E-state index is 0.163. The predicted molar refractivity (Wildman–Crippen MR) is 65.6 cm³/mol. The van der Waals surface area contributed by atoms with Crippen molar-refractivity contribution in [1.29, 1.82) is 0 Å². The second-order valence-corrected chi connectivity index (χ2v) is 6.98. The topological polar surface area (TPSA) is 63.2 Å². The number of fused-ring (bicyclic) bond motifs is 1. The van der Waals surface area contributed by atoms with Gasteiger partial charge in [0.2, 0.25) is 5.91 Å². The van der Waals surface area contributed by atoms with Gasteiger partial charge in [0.1, 0.15) is 0 Å². The first-order valence-electron chi connectivity index (χ1n) is 5.38. The minimum atomic E-state index is -3.43. The Labute approximate surface area is 101 Å². The van der Waals surface area contributed by atoms with E-state index in [4.69, 9.17) is 0 Å². The van der Waals surface area contributed by atoms with Crippen molar-refractivity contribution in [2.75, 3.05) is 11.1 Å². The number of aryl methyl sites for hydroxylation is 1. The standard InChI is InChI=1S/C12H15NO3S/c1-8-5-4-6-9-10(8)17(15,16)7-12(2,3)11(14)13-9/h4-6H,7H2,1-3H3,(H,13,14). The molecule has 92 valence electrons. The molecule has 5 heteroatoms. The maximum atomic E-state index is 12.3. The number of carbonyl (C=O) groups excluding carboxylic acids is 1. The molecule has 1 aromatic rings. The van der Waals surface area contributed by atoms with Crippen LogP contribution in [-0.2, 0) is 14.6 Å². The molecule has 0 aliphatic carbocycles. The van der Waals surface area contributed by atoms with E-state index >= 15 is 0 Å². The van der Waals surface area contributed by atoms with Crippen LogP contribution in [-0.4, -0.2) is 20.1 Å². The first-order chi connectivity index (χ1) is 7.74. The fourth-order valence-electron chi connectivity index (χ4n) is 2.07. The van der Waals surface area contributed by atoms with Crippen molar-refractivity contribution < 1.29 is 13.2 Å². The van der Waals surface area contributed by atoms with E-state index in [1.165, 1.54) is 0 Å². The average molecular weight is 253 g/mol. The lowest BCUT2D eigenvalue weighted by Crippen LogP contribution is -2.34. The van der Waals surface area contributed by atoms with Crippen molar-refractivity contribution in [1.82, 2.24) is 0 Å². The Kier molecular flexibility index (Phi) is 2.54. The van der Waals surface area contributed by atoms with Crippen LogP contribution in [0.4, 0.5) is 5.69 Å². The van der Waals surface area contributed by atoms with Gasteiger partial charge in [0.15, 0.2) is 9.84 Å². The second kappa shape index (κ2) is 3.57. The van der Waals surface area contributed by atoms with E-state index in [9.17, 15) is 13.2 Å². The van der Waals surface area contributed by atoms with Crippen molar-refractivity contribution in [3.05, 3.63) is 23.8 Å². The van der Waals surface area contributed by atoms with Crippen LogP contribution in [0, 0.1) is 12.3 Å². The molecule has 0 fully saturated rings. The van der Waals surface area contributed by atoms with E-state index in [1.807, 2.05) is 0 Å². The molecule has 17 heavy (non-hydrogen) atoms. The molecule has 0 spiro atoms. The number of anilines is 1. The van der Waals surface area contributed by atoms with Crippen LogP contribution >= 0.6 is 0 Å². The summed E-state index contributed by atoms with van der Waals surface area (Å²) in [6.07, 6.45) is 0. The molecule has 0 bridgehead atoms. The van der Waals surface area contributed by atoms with Gasteiger partial charge in [0.05, 0.1) is 21.8 Å². The number of hydrogen-bond donors (Lipinski definition) is 1. The summed E-state index contributed by atoms with van der Waals surface area (Å²) in [5.74, 6) is -0.422. The first-order valence-corrected chi connectivity index (χ1v) is 7.03. The summed E-state index contributed by atoms with van der Waals surface area (Å²) in [4.78, 5) is 12.2. The van der Waals surface area contributed by atoms with Crippen LogP contribution < -0.4 is 5.32 Å². The Morgan fingerprint density at radius 2 is 1.94 bits per heavy atom. The fraction of sp³-hybridized carbons (Fsp3) is 0.417. The highest BCUT2D eigenvalue weighted by Gasteiger charge is 2.39. The lowest BCUT2D eigenvalue weighted by molar-refractivity contribution is -0.122. The first kappa shape index (κ1) is 12.1. The molecule has 0 unspecified atom stereocenters. The summed E-state index contributed by atoms with van der Waals surface area (Å²) in [6.45, 7) is 5.02. The van der Waals surface area contributed by atoms with E-state index < -0.39 is 15.3 Å². The van der Waals surface area contributed by atoms with E-state index in [0.717, 1.165) is 0 Å². The minimum Gasteiger partial charge on any atom is -0.324 e. The molecule has 1 heterocycles. The predicted octanol–water partition coefficient (Wildman–Crippen LogP) is 1.75. The largest absolute Gasteiger partial charge is 0.324 e. The molecule has 0 atom stereocenters. The highest BCUT2D eigenvalue weighted by Crippen LogP contribution is 2.34. The number of amides is 1. The van der Waals surface area contributed by atoms with Gasteiger partial charge in [-0.05, 0) is 18.6 Å². The molecule has 2 rings (SSSR count). The summed E-state index contributed by atoms with van der Waals surface area (Å²) < 4.78 is 24.6. The SMILES string of the molecule is Cc1cccc2c1S(=O)(=O)CC(C)(C)C(=O)N2. The molecule has 0 saturated heterocycles. The maximum absolute atomic E-state index is 12.3. The van der Waals surface area contributed by atoms with Crippen LogP contribution in [0.2, 0.25) is 0 Å². The molecule has 1 amide bonds. The molecule has 1 aromatic carbocycles. The molecular formula is C12H15NO3S. The number of rotatable bonds is 0. The van der Waals surface area contributed by atoms with Gasteiger partial charge in [-0.3, -0.25) is 4.79 Å². The molecule has 0 saturated carbocycles. The summed E-state index contributed by atoms with van der Waals surface area (Å²) in [5.41, 5.74) is 0.144. The highest BCUT2D eigenvalue weighted by atomic mass is 32.2. The van der Waals surface area contributed by atoms with Gasteiger partial charge in [-0.15, -0.1) is 0 Å². The van der Waals surface area contributed by atoms with Gasteiger partial charge in [-0.25, -0.2) is 8.42 Å². The monoisotopic (exact) mass is 253 g/mol. The lowest BCUT2D eigenvalue weighted by Gasteiger charge is -2.18. The zero-order valence-electron chi connectivity index (χ0n) is 10.1. The molecular weight excluding hydrogens is 238 g/mol. The second-order valence-electron chi connectivity index (χ2n) is 5.05. The molecule has 1 aliphatic rings. The number of hydrogen-bond acceptors (Lipinski definition) is 3. The van der Waals surface area contributed by atoms with Gasteiger partial charge in [0.25, 0.3) is 0 Å². The lowest BCUT2D eigenvalue weighted by atomic mass is 9.95. The summed E-state index contributed by atoms with van der Waals surface area (Å²) in [7, 11) is -3.43. The number of nitrogens with one attached hydrogen (secondary N) is 1. The van der Waals surface area contributed by atoms with Crippen molar-refractivity contribution >= 4 is 21.4 Å². The molecule has 0 aromatic heterocycles. The Balaban J connectivity index is 2.73. The van der Waals surface area contributed by atoms with E-state index in [0.29, 0.717) is 11.3 Å².